The zero-order valence-corrected chi connectivity index (χ0v) is 26.4. The van der Waals surface area contributed by atoms with Crippen LogP contribution >= 0.6 is 11.6 Å². The van der Waals surface area contributed by atoms with Gasteiger partial charge in [-0.3, -0.25) is 4.79 Å². The number of amides is 1. The van der Waals surface area contributed by atoms with Crippen molar-refractivity contribution in [3.8, 4) is 0 Å². The van der Waals surface area contributed by atoms with E-state index in [1.807, 2.05) is 66.7 Å². The molecule has 1 fully saturated rings. The molecular formula is C38H36ClNO5. The van der Waals surface area contributed by atoms with Gasteiger partial charge in [0.05, 0.1) is 19.1 Å². The number of esters is 1. The van der Waals surface area contributed by atoms with Crippen LogP contribution in [0.25, 0.3) is 11.0 Å². The first kappa shape index (κ1) is 30.6. The molecule has 7 heteroatoms. The third kappa shape index (κ3) is 6.82. The zero-order valence-electron chi connectivity index (χ0n) is 25.6. The van der Waals surface area contributed by atoms with Crippen molar-refractivity contribution in [1.82, 2.24) is 5.32 Å². The molecule has 1 heterocycles. The number of hydrogen-bond donors (Lipinski definition) is 1. The quantitative estimate of drug-likeness (QED) is 0.150. The number of nitrogens with one attached hydrogen (secondary N) is 1. The molecule has 0 radical (unpaired) electrons. The van der Waals surface area contributed by atoms with Gasteiger partial charge in [-0.25, -0.2) is 4.79 Å². The van der Waals surface area contributed by atoms with E-state index in [0.717, 1.165) is 33.2 Å². The molecule has 1 unspecified atom stereocenters. The molecule has 1 N–H and O–H groups in total. The minimum Gasteiger partial charge on any atom is -0.464 e. The SMILES string of the molecule is CCOC(=O)C1(OC(c2ccc(Cl)cc2)c2cc3cc(CC(=O)N[C@@H](c4ccccc4)c4ccc(C)cc4C)ccc3o2)CC1. The highest BCUT2D eigenvalue weighted by atomic mass is 35.5. The summed E-state index contributed by atoms with van der Waals surface area (Å²) in [4.78, 5) is 26.2. The number of halogens is 1. The molecule has 45 heavy (non-hydrogen) atoms. The Labute approximate surface area is 268 Å². The summed E-state index contributed by atoms with van der Waals surface area (Å²) in [6.07, 6.45) is 0.731. The van der Waals surface area contributed by atoms with Gasteiger partial charge < -0.3 is 19.2 Å². The van der Waals surface area contributed by atoms with Gasteiger partial charge in [0.1, 0.15) is 17.4 Å². The number of rotatable bonds is 11. The second kappa shape index (κ2) is 12.9. The molecule has 1 amide bonds. The van der Waals surface area contributed by atoms with E-state index in [0.29, 0.717) is 29.2 Å². The smallest absolute Gasteiger partial charge is 0.338 e. The van der Waals surface area contributed by atoms with Crippen molar-refractivity contribution >= 4 is 34.4 Å². The first-order valence-corrected chi connectivity index (χ1v) is 15.7. The lowest BCUT2D eigenvalue weighted by Gasteiger charge is -2.22. The maximum atomic E-state index is 13.5. The summed E-state index contributed by atoms with van der Waals surface area (Å²) in [6, 6.07) is 31.0. The van der Waals surface area contributed by atoms with E-state index in [2.05, 4.69) is 37.4 Å². The Balaban J connectivity index is 1.25. The molecule has 1 aliphatic rings. The Kier molecular flexibility index (Phi) is 8.79. The summed E-state index contributed by atoms with van der Waals surface area (Å²) < 4.78 is 18.1. The number of carbonyl (C=O) groups excluding carboxylic acids is 2. The van der Waals surface area contributed by atoms with Crippen LogP contribution in [0, 0.1) is 13.8 Å². The molecule has 6 rings (SSSR count). The predicted molar refractivity (Wildman–Crippen MR) is 175 cm³/mol. The summed E-state index contributed by atoms with van der Waals surface area (Å²) >= 11 is 6.17. The Morgan fingerprint density at radius 2 is 1.67 bits per heavy atom. The number of fused-ring (bicyclic) bond motifs is 1. The first-order chi connectivity index (χ1) is 21.7. The lowest BCUT2D eigenvalue weighted by molar-refractivity contribution is -0.163. The first-order valence-electron chi connectivity index (χ1n) is 15.3. The Hall–Kier alpha value is -4.39. The third-order valence-corrected chi connectivity index (χ3v) is 8.52. The molecule has 2 atom stereocenters. The molecule has 6 nitrogen and oxygen atoms in total. The van der Waals surface area contributed by atoms with Crippen molar-refractivity contribution in [2.45, 2.75) is 57.8 Å². The Morgan fingerprint density at radius 1 is 0.911 bits per heavy atom. The summed E-state index contributed by atoms with van der Waals surface area (Å²) in [7, 11) is 0. The Morgan fingerprint density at radius 3 is 2.36 bits per heavy atom. The van der Waals surface area contributed by atoms with E-state index in [9.17, 15) is 9.59 Å². The molecular weight excluding hydrogens is 586 g/mol. The molecule has 0 bridgehead atoms. The minimum atomic E-state index is -0.992. The topological polar surface area (TPSA) is 77.8 Å². The number of furan rings is 1. The van der Waals surface area contributed by atoms with Crippen LogP contribution in [0.4, 0.5) is 0 Å². The summed E-state index contributed by atoms with van der Waals surface area (Å²) in [6.45, 7) is 6.21. The van der Waals surface area contributed by atoms with Crippen molar-refractivity contribution in [3.05, 3.63) is 141 Å². The lowest BCUT2D eigenvalue weighted by Crippen LogP contribution is -2.31. The third-order valence-electron chi connectivity index (χ3n) is 8.27. The van der Waals surface area contributed by atoms with Crippen LogP contribution in [-0.4, -0.2) is 24.1 Å². The molecule has 0 saturated heterocycles. The number of hydrogen-bond acceptors (Lipinski definition) is 5. The van der Waals surface area contributed by atoms with Crippen LogP contribution in [0.1, 0.15) is 71.1 Å². The van der Waals surface area contributed by atoms with Gasteiger partial charge in [0.15, 0.2) is 5.60 Å². The largest absolute Gasteiger partial charge is 0.464 e. The standard InChI is InChI=1S/C38H36ClNO5/c1-4-43-37(42)38(18-19-38)45-36(28-12-14-30(39)15-13-28)33-23-29-21-26(11-17-32(29)44-33)22-34(41)40-35(27-8-6-5-7-9-27)31-16-10-24(2)20-25(31)3/h5-17,20-21,23,35-36H,4,18-19,22H2,1-3H3,(H,40,41)/t35-,36?/m0/s1. The molecule has 1 saturated carbocycles. The molecule has 230 valence electrons. The van der Waals surface area contributed by atoms with Gasteiger partial charge in [-0.1, -0.05) is 83.9 Å². The average molecular weight is 622 g/mol. The van der Waals surface area contributed by atoms with Gasteiger partial charge in [-0.15, -0.1) is 0 Å². The number of aryl methyl sites for hydroxylation is 2. The number of carbonyl (C=O) groups is 2. The van der Waals surface area contributed by atoms with Crippen LogP contribution in [0.3, 0.4) is 0 Å². The van der Waals surface area contributed by atoms with Gasteiger partial charge in [-0.05, 0) is 91.8 Å². The van der Waals surface area contributed by atoms with E-state index in [-0.39, 0.29) is 30.9 Å². The highest BCUT2D eigenvalue weighted by Gasteiger charge is 2.55. The van der Waals surface area contributed by atoms with E-state index in [1.165, 1.54) is 5.56 Å². The molecule has 0 spiro atoms. The lowest BCUT2D eigenvalue weighted by atomic mass is 9.93. The predicted octanol–water partition coefficient (Wildman–Crippen LogP) is 8.35. The molecule has 4 aromatic carbocycles. The van der Waals surface area contributed by atoms with Gasteiger partial charge in [0, 0.05) is 10.4 Å². The average Bonchev–Trinajstić information content (AvgIpc) is 3.70. The fourth-order valence-electron chi connectivity index (χ4n) is 5.79. The van der Waals surface area contributed by atoms with Crippen LogP contribution in [0.5, 0.6) is 0 Å². The number of ether oxygens (including phenoxy) is 2. The molecule has 0 aliphatic heterocycles. The van der Waals surface area contributed by atoms with E-state index in [1.54, 1.807) is 19.1 Å². The van der Waals surface area contributed by atoms with Crippen molar-refractivity contribution in [1.29, 1.82) is 0 Å². The summed E-state index contributed by atoms with van der Waals surface area (Å²) in [5.74, 6) is 0.117. The molecule has 1 aliphatic carbocycles. The van der Waals surface area contributed by atoms with Gasteiger partial charge in [0.25, 0.3) is 0 Å². The Bertz CT molecular complexity index is 1820. The fourth-order valence-corrected chi connectivity index (χ4v) is 5.91. The highest BCUT2D eigenvalue weighted by molar-refractivity contribution is 6.30. The summed E-state index contributed by atoms with van der Waals surface area (Å²) in [5, 5.41) is 4.71. The van der Waals surface area contributed by atoms with E-state index in [4.69, 9.17) is 25.5 Å². The zero-order chi connectivity index (χ0) is 31.6. The molecule has 1 aromatic heterocycles. The minimum absolute atomic E-state index is 0.0839. The summed E-state index contributed by atoms with van der Waals surface area (Å²) in [5.41, 5.74) is 5.74. The van der Waals surface area contributed by atoms with Crippen LogP contribution in [-0.2, 0) is 25.5 Å². The second-order valence-corrected chi connectivity index (χ2v) is 12.2. The van der Waals surface area contributed by atoms with Crippen LogP contribution in [0.15, 0.2) is 101 Å². The van der Waals surface area contributed by atoms with Crippen molar-refractivity contribution in [2.24, 2.45) is 0 Å². The van der Waals surface area contributed by atoms with Gasteiger partial charge in [-0.2, -0.15) is 0 Å². The second-order valence-electron chi connectivity index (χ2n) is 11.7. The van der Waals surface area contributed by atoms with E-state index < -0.39 is 11.7 Å². The van der Waals surface area contributed by atoms with Crippen LogP contribution < -0.4 is 5.32 Å². The fraction of sp³-hybridized carbons (Fsp3) is 0.263. The monoisotopic (exact) mass is 621 g/mol. The highest BCUT2D eigenvalue weighted by Crippen LogP contribution is 2.47. The number of benzene rings is 4. The van der Waals surface area contributed by atoms with E-state index >= 15 is 0 Å². The van der Waals surface area contributed by atoms with Crippen molar-refractivity contribution in [3.63, 3.8) is 0 Å². The van der Waals surface area contributed by atoms with Crippen LogP contribution in [0.2, 0.25) is 5.02 Å². The van der Waals surface area contributed by atoms with Gasteiger partial charge >= 0.3 is 5.97 Å². The maximum Gasteiger partial charge on any atom is 0.338 e. The van der Waals surface area contributed by atoms with Crippen molar-refractivity contribution in [2.75, 3.05) is 6.61 Å². The normalized spacial score (nSPS) is 14.9. The molecule has 5 aromatic rings. The van der Waals surface area contributed by atoms with Crippen molar-refractivity contribution < 1.29 is 23.5 Å². The van der Waals surface area contributed by atoms with Gasteiger partial charge in [0.2, 0.25) is 5.91 Å². The maximum absolute atomic E-state index is 13.5.